The summed E-state index contributed by atoms with van der Waals surface area (Å²) in [7, 11) is 0. The standard InChI is InChI=1S/C26H34/c1-2-3-4-5-6-7-8-9-10-11-16-22-21-23-17-12-13-18-24(23)26-20-15-14-19-25(22)26/h12-15,17-21H,2-11,16H2,1H3. The molecule has 0 saturated carbocycles. The summed E-state index contributed by atoms with van der Waals surface area (Å²) in [6, 6.07) is 20.2. The predicted molar refractivity (Wildman–Crippen MR) is 117 cm³/mol. The lowest BCUT2D eigenvalue weighted by atomic mass is 9.94. The maximum absolute atomic E-state index is 2.42. The van der Waals surface area contributed by atoms with Crippen LogP contribution < -0.4 is 0 Å². The fourth-order valence-corrected chi connectivity index (χ4v) is 4.14. The largest absolute Gasteiger partial charge is 0.0654 e. The summed E-state index contributed by atoms with van der Waals surface area (Å²) in [4.78, 5) is 0. The van der Waals surface area contributed by atoms with Crippen LogP contribution in [0.4, 0.5) is 0 Å². The lowest BCUT2D eigenvalue weighted by Gasteiger charge is -2.10. The van der Waals surface area contributed by atoms with Crippen LogP contribution >= 0.6 is 0 Å². The highest BCUT2D eigenvalue weighted by Gasteiger charge is 2.05. The van der Waals surface area contributed by atoms with Crippen molar-refractivity contribution in [1.29, 1.82) is 0 Å². The van der Waals surface area contributed by atoms with Gasteiger partial charge in [0.25, 0.3) is 0 Å². The van der Waals surface area contributed by atoms with E-state index >= 15 is 0 Å². The van der Waals surface area contributed by atoms with Crippen LogP contribution in [0.3, 0.4) is 0 Å². The molecule has 0 amide bonds. The minimum atomic E-state index is 1.21. The Morgan fingerprint density at radius 1 is 0.538 bits per heavy atom. The Labute approximate surface area is 159 Å². The van der Waals surface area contributed by atoms with E-state index in [-0.39, 0.29) is 0 Å². The van der Waals surface area contributed by atoms with Crippen molar-refractivity contribution >= 4 is 21.5 Å². The van der Waals surface area contributed by atoms with Crippen molar-refractivity contribution in [1.82, 2.24) is 0 Å². The summed E-state index contributed by atoms with van der Waals surface area (Å²) in [5.74, 6) is 0. The Bertz CT molecular complexity index is 799. The molecule has 0 spiro atoms. The molecule has 26 heavy (non-hydrogen) atoms. The highest BCUT2D eigenvalue weighted by atomic mass is 14.1. The van der Waals surface area contributed by atoms with Gasteiger partial charge in [-0.2, -0.15) is 0 Å². The van der Waals surface area contributed by atoms with Crippen LogP contribution in [0.1, 0.15) is 76.7 Å². The van der Waals surface area contributed by atoms with E-state index in [1.807, 2.05) is 0 Å². The Kier molecular flexibility index (Phi) is 7.55. The predicted octanol–water partition coefficient (Wildman–Crippen LogP) is 8.46. The Balaban J connectivity index is 1.50. The number of hydrogen-bond acceptors (Lipinski definition) is 0. The average molecular weight is 347 g/mol. The molecule has 138 valence electrons. The zero-order chi connectivity index (χ0) is 18.0. The van der Waals surface area contributed by atoms with Crippen LogP contribution in [0.5, 0.6) is 0 Å². The Morgan fingerprint density at radius 3 is 1.77 bits per heavy atom. The van der Waals surface area contributed by atoms with Gasteiger partial charge in [-0.15, -0.1) is 0 Å². The first kappa shape index (κ1) is 19.0. The zero-order valence-corrected chi connectivity index (χ0v) is 16.5. The summed E-state index contributed by atoms with van der Waals surface area (Å²) in [6.45, 7) is 2.29. The summed E-state index contributed by atoms with van der Waals surface area (Å²) in [6.07, 6.45) is 15.2. The van der Waals surface area contributed by atoms with Crippen molar-refractivity contribution in [3.8, 4) is 0 Å². The van der Waals surface area contributed by atoms with Gasteiger partial charge in [-0.1, -0.05) is 119 Å². The van der Waals surface area contributed by atoms with Crippen LogP contribution in [0.2, 0.25) is 0 Å². The van der Waals surface area contributed by atoms with Crippen molar-refractivity contribution in [2.24, 2.45) is 0 Å². The fraction of sp³-hybridized carbons (Fsp3) is 0.462. The second-order valence-corrected chi connectivity index (χ2v) is 7.73. The van der Waals surface area contributed by atoms with E-state index in [1.54, 1.807) is 0 Å². The zero-order valence-electron chi connectivity index (χ0n) is 16.5. The second kappa shape index (κ2) is 10.4. The van der Waals surface area contributed by atoms with Crippen molar-refractivity contribution < 1.29 is 0 Å². The van der Waals surface area contributed by atoms with Crippen LogP contribution in [0.25, 0.3) is 21.5 Å². The van der Waals surface area contributed by atoms with Crippen LogP contribution in [-0.2, 0) is 6.42 Å². The smallest absolute Gasteiger partial charge is 0.0103 e. The van der Waals surface area contributed by atoms with E-state index in [1.165, 1.54) is 97.7 Å². The molecule has 0 bridgehead atoms. The topological polar surface area (TPSA) is 0 Å². The minimum Gasteiger partial charge on any atom is -0.0654 e. The van der Waals surface area contributed by atoms with Crippen LogP contribution in [0.15, 0.2) is 54.6 Å². The van der Waals surface area contributed by atoms with Crippen molar-refractivity contribution in [2.45, 2.75) is 77.6 Å². The molecule has 0 aliphatic heterocycles. The van der Waals surface area contributed by atoms with E-state index < -0.39 is 0 Å². The molecule has 0 aliphatic rings. The molecular weight excluding hydrogens is 312 g/mol. The van der Waals surface area contributed by atoms with Gasteiger partial charge in [-0.05, 0) is 39.9 Å². The summed E-state index contributed by atoms with van der Waals surface area (Å²) >= 11 is 0. The molecule has 0 aromatic heterocycles. The molecule has 0 radical (unpaired) electrons. The quantitative estimate of drug-likeness (QED) is 0.241. The molecular formula is C26H34. The fourth-order valence-electron chi connectivity index (χ4n) is 4.14. The summed E-state index contributed by atoms with van der Waals surface area (Å²) in [5.41, 5.74) is 1.53. The molecule has 0 atom stereocenters. The number of aryl methyl sites for hydroxylation is 1. The number of rotatable bonds is 11. The summed E-state index contributed by atoms with van der Waals surface area (Å²) < 4.78 is 0. The Hall–Kier alpha value is -1.82. The third kappa shape index (κ3) is 5.10. The van der Waals surface area contributed by atoms with Gasteiger partial charge in [0, 0.05) is 0 Å². The summed E-state index contributed by atoms with van der Waals surface area (Å²) in [5, 5.41) is 5.62. The van der Waals surface area contributed by atoms with Gasteiger partial charge in [-0.3, -0.25) is 0 Å². The van der Waals surface area contributed by atoms with E-state index in [2.05, 4.69) is 61.5 Å². The van der Waals surface area contributed by atoms with Gasteiger partial charge >= 0.3 is 0 Å². The highest BCUT2D eigenvalue weighted by molar-refractivity contribution is 6.08. The molecule has 0 aliphatic carbocycles. The molecule has 0 heterocycles. The van der Waals surface area contributed by atoms with Crippen molar-refractivity contribution in [3.05, 3.63) is 60.2 Å². The minimum absolute atomic E-state index is 1.21. The molecule has 3 rings (SSSR count). The molecule has 3 aromatic rings. The highest BCUT2D eigenvalue weighted by Crippen LogP contribution is 2.29. The second-order valence-electron chi connectivity index (χ2n) is 7.73. The van der Waals surface area contributed by atoms with Crippen molar-refractivity contribution in [2.75, 3.05) is 0 Å². The third-order valence-corrected chi connectivity index (χ3v) is 5.65. The van der Waals surface area contributed by atoms with E-state index in [0.717, 1.165) is 0 Å². The number of hydrogen-bond donors (Lipinski definition) is 0. The van der Waals surface area contributed by atoms with Gasteiger partial charge in [0.05, 0.1) is 0 Å². The van der Waals surface area contributed by atoms with Gasteiger partial charge < -0.3 is 0 Å². The number of unbranched alkanes of at least 4 members (excludes halogenated alkanes) is 9. The lowest BCUT2D eigenvalue weighted by molar-refractivity contribution is 0.556. The SMILES string of the molecule is CCCCCCCCCCCCc1cc2ccccc2c2ccccc12. The van der Waals surface area contributed by atoms with E-state index in [0.29, 0.717) is 0 Å². The molecule has 0 heteroatoms. The van der Waals surface area contributed by atoms with Crippen molar-refractivity contribution in [3.63, 3.8) is 0 Å². The maximum Gasteiger partial charge on any atom is -0.0103 e. The molecule has 0 unspecified atom stereocenters. The first-order valence-corrected chi connectivity index (χ1v) is 10.8. The first-order valence-electron chi connectivity index (χ1n) is 10.8. The van der Waals surface area contributed by atoms with E-state index in [9.17, 15) is 0 Å². The van der Waals surface area contributed by atoms with Gasteiger partial charge in [0.2, 0.25) is 0 Å². The third-order valence-electron chi connectivity index (χ3n) is 5.65. The monoisotopic (exact) mass is 346 g/mol. The normalized spacial score (nSPS) is 11.4. The molecule has 0 nitrogen and oxygen atoms in total. The maximum atomic E-state index is 2.42. The van der Waals surface area contributed by atoms with Crippen LogP contribution in [0, 0.1) is 0 Å². The molecule has 0 fully saturated rings. The van der Waals surface area contributed by atoms with Crippen LogP contribution in [-0.4, -0.2) is 0 Å². The molecule has 0 N–H and O–H groups in total. The number of benzene rings is 3. The number of fused-ring (bicyclic) bond motifs is 3. The van der Waals surface area contributed by atoms with E-state index in [4.69, 9.17) is 0 Å². The van der Waals surface area contributed by atoms with Gasteiger partial charge in [0.15, 0.2) is 0 Å². The first-order chi connectivity index (χ1) is 12.9. The lowest BCUT2D eigenvalue weighted by Crippen LogP contribution is -1.90. The van der Waals surface area contributed by atoms with Gasteiger partial charge in [-0.25, -0.2) is 0 Å². The van der Waals surface area contributed by atoms with Gasteiger partial charge in [0.1, 0.15) is 0 Å². The molecule has 3 aromatic carbocycles. The molecule has 0 saturated heterocycles. The average Bonchev–Trinajstić information content (AvgIpc) is 2.69. The Morgan fingerprint density at radius 2 is 1.08 bits per heavy atom.